The third kappa shape index (κ3) is 4.19. The molecule has 1 atom stereocenters. The first-order valence-corrected chi connectivity index (χ1v) is 9.72. The minimum Gasteiger partial charge on any atom is -0.493 e. The van der Waals surface area contributed by atoms with E-state index in [9.17, 15) is 0 Å². The Morgan fingerprint density at radius 3 is 2.58 bits per heavy atom. The molecule has 2 aromatic rings. The molecule has 0 amide bonds. The zero-order chi connectivity index (χ0) is 18.5. The molecule has 26 heavy (non-hydrogen) atoms. The van der Waals surface area contributed by atoms with E-state index >= 15 is 0 Å². The van der Waals surface area contributed by atoms with Gasteiger partial charge in [0.25, 0.3) is 0 Å². The number of benzene rings is 1. The van der Waals surface area contributed by atoms with E-state index in [1.807, 2.05) is 12.3 Å². The lowest BCUT2D eigenvalue weighted by Crippen LogP contribution is -2.33. The number of rotatable bonds is 5. The van der Waals surface area contributed by atoms with E-state index in [0.29, 0.717) is 0 Å². The second kappa shape index (κ2) is 8.84. The number of aryl methyl sites for hydroxylation is 1. The predicted octanol–water partition coefficient (Wildman–Crippen LogP) is 3.55. The van der Waals surface area contributed by atoms with Gasteiger partial charge in [0.05, 0.1) is 26.0 Å². The number of nitrogens with zero attached hydrogens (tertiary/aromatic N) is 2. The topological polar surface area (TPSA) is 46.6 Å². The summed E-state index contributed by atoms with van der Waals surface area (Å²) in [6.45, 7) is 6.09. The molecule has 1 aromatic heterocycles. The highest BCUT2D eigenvalue weighted by Crippen LogP contribution is 2.40. The summed E-state index contributed by atoms with van der Waals surface area (Å²) in [7, 11) is 3.33. The van der Waals surface area contributed by atoms with Gasteiger partial charge < -0.3 is 14.8 Å². The van der Waals surface area contributed by atoms with Gasteiger partial charge in [-0.2, -0.15) is 0 Å². The minimum absolute atomic E-state index is 0.0599. The van der Waals surface area contributed by atoms with E-state index < -0.39 is 0 Å². The van der Waals surface area contributed by atoms with Crippen molar-refractivity contribution in [2.45, 2.75) is 19.4 Å². The molecule has 1 saturated heterocycles. The van der Waals surface area contributed by atoms with Gasteiger partial charge in [-0.25, -0.2) is 0 Å². The van der Waals surface area contributed by atoms with Crippen LogP contribution >= 0.6 is 15.9 Å². The van der Waals surface area contributed by atoms with E-state index in [1.165, 1.54) is 0 Å². The standard InChI is InChI=1S/C20H26BrN3O2/c1-14-5-6-17(23-13-14)20(24-9-4-7-22-8-10-24)15-11-18(25-2)19(26-3)12-16(15)21/h5-6,11-13,20,22H,4,7-10H2,1-3H3. The Morgan fingerprint density at radius 1 is 1.12 bits per heavy atom. The summed E-state index contributed by atoms with van der Waals surface area (Å²) in [4.78, 5) is 7.23. The fourth-order valence-electron chi connectivity index (χ4n) is 3.39. The van der Waals surface area contributed by atoms with E-state index in [2.05, 4.69) is 51.3 Å². The molecule has 1 aliphatic rings. The Bertz CT molecular complexity index is 729. The van der Waals surface area contributed by atoms with Crippen LogP contribution in [0.15, 0.2) is 34.9 Å². The average Bonchev–Trinajstić information content (AvgIpc) is 2.93. The summed E-state index contributed by atoms with van der Waals surface area (Å²) in [5.41, 5.74) is 3.35. The van der Waals surface area contributed by atoms with Crippen molar-refractivity contribution in [1.29, 1.82) is 0 Å². The predicted molar refractivity (Wildman–Crippen MR) is 107 cm³/mol. The van der Waals surface area contributed by atoms with Crippen molar-refractivity contribution in [3.8, 4) is 11.5 Å². The number of halogens is 1. The zero-order valence-electron chi connectivity index (χ0n) is 15.6. The fourth-order valence-corrected chi connectivity index (χ4v) is 3.93. The van der Waals surface area contributed by atoms with Gasteiger partial charge in [0, 0.05) is 30.3 Å². The molecule has 140 valence electrons. The maximum absolute atomic E-state index is 5.55. The minimum atomic E-state index is 0.0599. The van der Waals surface area contributed by atoms with Crippen LogP contribution in [0.2, 0.25) is 0 Å². The van der Waals surface area contributed by atoms with Crippen molar-refractivity contribution in [2.75, 3.05) is 40.4 Å². The maximum atomic E-state index is 5.55. The van der Waals surface area contributed by atoms with Gasteiger partial charge in [-0.05, 0) is 49.2 Å². The third-order valence-corrected chi connectivity index (χ3v) is 5.44. The van der Waals surface area contributed by atoms with Crippen molar-refractivity contribution in [2.24, 2.45) is 0 Å². The van der Waals surface area contributed by atoms with Gasteiger partial charge in [-0.1, -0.05) is 22.0 Å². The molecule has 1 fully saturated rings. The average molecular weight is 420 g/mol. The Balaban J connectivity index is 2.09. The van der Waals surface area contributed by atoms with Crippen molar-refractivity contribution < 1.29 is 9.47 Å². The van der Waals surface area contributed by atoms with Gasteiger partial charge in [0.1, 0.15) is 0 Å². The van der Waals surface area contributed by atoms with Crippen LogP contribution in [0.25, 0.3) is 0 Å². The summed E-state index contributed by atoms with van der Waals surface area (Å²) in [5, 5.41) is 3.48. The maximum Gasteiger partial charge on any atom is 0.161 e. The highest BCUT2D eigenvalue weighted by molar-refractivity contribution is 9.10. The van der Waals surface area contributed by atoms with Crippen LogP contribution in [0.5, 0.6) is 11.5 Å². The quantitative estimate of drug-likeness (QED) is 0.802. The summed E-state index contributed by atoms with van der Waals surface area (Å²) >= 11 is 3.74. The lowest BCUT2D eigenvalue weighted by Gasteiger charge is -2.31. The molecule has 6 heteroatoms. The number of methoxy groups -OCH3 is 2. The Labute approximate surface area is 163 Å². The van der Waals surface area contributed by atoms with Gasteiger partial charge >= 0.3 is 0 Å². The van der Waals surface area contributed by atoms with Gasteiger partial charge in [-0.3, -0.25) is 9.88 Å². The van der Waals surface area contributed by atoms with E-state index in [4.69, 9.17) is 14.5 Å². The molecule has 2 heterocycles. The number of ether oxygens (including phenoxy) is 2. The number of pyridine rings is 1. The Hall–Kier alpha value is -1.63. The smallest absolute Gasteiger partial charge is 0.161 e. The van der Waals surface area contributed by atoms with Crippen molar-refractivity contribution in [1.82, 2.24) is 15.2 Å². The van der Waals surface area contributed by atoms with E-state index in [-0.39, 0.29) is 6.04 Å². The molecule has 1 unspecified atom stereocenters. The van der Waals surface area contributed by atoms with Gasteiger partial charge in [0.2, 0.25) is 0 Å². The first kappa shape index (κ1) is 19.1. The van der Waals surface area contributed by atoms with Gasteiger partial charge in [0.15, 0.2) is 11.5 Å². The van der Waals surface area contributed by atoms with Crippen LogP contribution < -0.4 is 14.8 Å². The molecule has 0 aliphatic carbocycles. The SMILES string of the molecule is COc1cc(Br)c(C(c2ccc(C)cn2)N2CCCNCC2)cc1OC. The van der Waals surface area contributed by atoms with Crippen LogP contribution in [0.4, 0.5) is 0 Å². The lowest BCUT2D eigenvalue weighted by molar-refractivity contribution is 0.236. The van der Waals surface area contributed by atoms with Crippen LogP contribution in [0.3, 0.4) is 0 Å². The second-order valence-corrected chi connectivity index (χ2v) is 7.39. The number of nitrogens with one attached hydrogen (secondary N) is 1. The molecule has 1 aliphatic heterocycles. The first-order valence-electron chi connectivity index (χ1n) is 8.92. The normalized spacial score (nSPS) is 16.8. The van der Waals surface area contributed by atoms with Crippen LogP contribution in [0.1, 0.15) is 29.3 Å². The summed E-state index contributed by atoms with van der Waals surface area (Å²) < 4.78 is 12.0. The molecule has 0 radical (unpaired) electrons. The molecule has 1 aromatic carbocycles. The fraction of sp³-hybridized carbons (Fsp3) is 0.450. The molecule has 0 bridgehead atoms. The Morgan fingerprint density at radius 2 is 1.88 bits per heavy atom. The second-order valence-electron chi connectivity index (χ2n) is 6.53. The summed E-state index contributed by atoms with van der Waals surface area (Å²) in [6.07, 6.45) is 3.06. The molecule has 1 N–H and O–H groups in total. The van der Waals surface area contributed by atoms with Crippen molar-refractivity contribution >= 4 is 15.9 Å². The molecular formula is C20H26BrN3O2. The zero-order valence-corrected chi connectivity index (χ0v) is 17.2. The number of hydrogen-bond donors (Lipinski definition) is 1. The largest absolute Gasteiger partial charge is 0.493 e. The molecule has 3 rings (SSSR count). The number of aromatic nitrogens is 1. The van der Waals surface area contributed by atoms with Crippen molar-refractivity contribution in [3.63, 3.8) is 0 Å². The molecule has 5 nitrogen and oxygen atoms in total. The first-order chi connectivity index (χ1) is 12.6. The van der Waals surface area contributed by atoms with Crippen LogP contribution in [-0.2, 0) is 0 Å². The Kier molecular flexibility index (Phi) is 6.51. The third-order valence-electron chi connectivity index (χ3n) is 4.75. The summed E-state index contributed by atoms with van der Waals surface area (Å²) in [6, 6.07) is 8.35. The lowest BCUT2D eigenvalue weighted by atomic mass is 9.99. The highest BCUT2D eigenvalue weighted by Gasteiger charge is 2.27. The van der Waals surface area contributed by atoms with Crippen LogP contribution in [0, 0.1) is 6.92 Å². The van der Waals surface area contributed by atoms with Gasteiger partial charge in [-0.15, -0.1) is 0 Å². The monoisotopic (exact) mass is 419 g/mol. The molecule has 0 saturated carbocycles. The van der Waals surface area contributed by atoms with E-state index in [1.54, 1.807) is 14.2 Å². The van der Waals surface area contributed by atoms with Crippen molar-refractivity contribution in [3.05, 3.63) is 51.8 Å². The van der Waals surface area contributed by atoms with Crippen LogP contribution in [-0.4, -0.2) is 50.3 Å². The highest BCUT2D eigenvalue weighted by atomic mass is 79.9. The summed E-state index contributed by atoms with van der Waals surface area (Å²) in [5.74, 6) is 1.45. The molecular weight excluding hydrogens is 394 g/mol. The molecule has 0 spiro atoms. The van der Waals surface area contributed by atoms with E-state index in [0.717, 1.165) is 65.4 Å². The number of hydrogen-bond acceptors (Lipinski definition) is 5.